The summed E-state index contributed by atoms with van der Waals surface area (Å²) < 4.78 is 96.6. The average Bonchev–Trinajstić information content (AvgIpc) is 0.775. The van der Waals surface area contributed by atoms with Crippen LogP contribution in [-0.4, -0.2) is 141 Å². The van der Waals surface area contributed by atoms with E-state index < -0.39 is 27.1 Å². The fourth-order valence-corrected chi connectivity index (χ4v) is 12.5. The summed E-state index contributed by atoms with van der Waals surface area (Å²) in [5.41, 5.74) is 2.97. The third-order valence-corrected chi connectivity index (χ3v) is 18.3. The number of amides is 1. The van der Waals surface area contributed by atoms with E-state index in [2.05, 4.69) is 5.32 Å². The standard InChI is InChI=1S/C20H23Cl2FO2.C16H22FNO3.C13H17FO2.C11H11FO2.C7H5Cl3.C6H5FO.C5H7ClO.C4H9NO.CH3.Li.Mg.2H/c1-19(2,15-10-14(23)6-8-18(15)25-4)12-20(3,24)11-13-5-7-16(21)17(22)9-13;1-16(2,11-15(19)18-6-8-21-9-7-18)13-10-12(17)4-5-14(13)20-3;1-9(15)8-13(2,3)11-7-10(14)5-6-12(11)16-4;1-11(2)6-10(13)14-9-4-3-7(12)5-8(9)11;8-4-5-1-2-6(9)7(10)3-5;7-5-1-3-6(8)4-2-5;1-4(2)3-5(6)7;1-3-6-4-2-5-1;;;;;/h5-10,24H,11-12H2,1-4H3;4-5,10H,6-9,11H2,1-3H3;5-7H,8H2,1-4H3;3-5H,6H2,1-2H3;1-3H,4H2;1-4,8H;3H,1-2H3;5H,1-4H2;1H3;;;;/q;;;;;;;;-1;+1;+2;2*-1. The first-order valence-electron chi connectivity index (χ1n) is 34.1. The van der Waals surface area contributed by atoms with Crippen molar-refractivity contribution < 1.29 is 101 Å². The van der Waals surface area contributed by atoms with Gasteiger partial charge in [0.2, 0.25) is 11.1 Å². The molecule has 0 aliphatic carbocycles. The van der Waals surface area contributed by atoms with Crippen LogP contribution in [0.1, 0.15) is 145 Å². The predicted molar refractivity (Wildman–Crippen MR) is 433 cm³/mol. The summed E-state index contributed by atoms with van der Waals surface area (Å²) in [5, 5.41) is 24.4. The van der Waals surface area contributed by atoms with Crippen molar-refractivity contribution in [1.82, 2.24) is 10.2 Å². The molecule has 14 nitrogen and oxygen atoms in total. The molecule has 7 aromatic rings. The molecule has 2 saturated heterocycles. The van der Waals surface area contributed by atoms with Crippen molar-refractivity contribution in [1.29, 1.82) is 0 Å². The minimum absolute atomic E-state index is 0. The minimum atomic E-state index is -1.02. The molecule has 3 heterocycles. The number of nitrogens with zero attached hydrogens (tertiary/aromatic N) is 1. The second-order valence-electron chi connectivity index (χ2n) is 28.3. The van der Waals surface area contributed by atoms with Gasteiger partial charge in [-0.2, -0.15) is 0 Å². The van der Waals surface area contributed by atoms with Crippen molar-refractivity contribution in [2.75, 3.05) is 73.9 Å². The first-order valence-corrected chi connectivity index (χ1v) is 36.5. The number of carbonyl (C=O) groups excluding carboxylic acids is 4. The Bertz CT molecular complexity index is 4030. The monoisotopic (exact) mass is 1660 g/mol. The molecule has 3 aliphatic heterocycles. The number of alkyl halides is 1. The number of rotatable bonds is 16. The van der Waals surface area contributed by atoms with E-state index in [1.54, 1.807) is 75.6 Å². The Balaban J connectivity index is -0.00000125. The smallest absolute Gasteiger partial charge is 1.00 e. The molecular weight excluding hydrogens is 1560 g/mol. The number of ketones is 1. The molecule has 2 fully saturated rings. The number of benzene rings is 7. The number of fused-ring (bicyclic) bond motifs is 1. The Morgan fingerprint density at radius 3 is 1.38 bits per heavy atom. The molecule has 0 spiro atoms. The number of methoxy groups -OCH3 is 3. The number of esters is 1. The number of nitrogens with one attached hydrogen (secondary N) is 1. The van der Waals surface area contributed by atoms with E-state index in [9.17, 15) is 46.2 Å². The van der Waals surface area contributed by atoms with Crippen molar-refractivity contribution in [2.45, 2.75) is 148 Å². The van der Waals surface area contributed by atoms with Gasteiger partial charge in [-0.25, -0.2) is 22.0 Å². The molecule has 10 rings (SSSR count). The Hall–Kier alpha value is -5.65. The van der Waals surface area contributed by atoms with Gasteiger partial charge in [0.25, 0.3) is 0 Å². The second-order valence-corrected chi connectivity index (χ2v) is 30.5. The summed E-state index contributed by atoms with van der Waals surface area (Å²) >= 11 is 33.9. The summed E-state index contributed by atoms with van der Waals surface area (Å²) in [6.07, 6.45) is 3.18. The van der Waals surface area contributed by atoms with E-state index in [1.807, 2.05) is 81.4 Å². The molecule has 0 bridgehead atoms. The molecule has 27 heteroatoms. The number of aliphatic hydroxyl groups is 1. The van der Waals surface area contributed by atoms with E-state index in [-0.39, 0.29) is 110 Å². The van der Waals surface area contributed by atoms with Gasteiger partial charge in [-0.3, -0.25) is 19.2 Å². The fraction of sp³-hybridized carbons (Fsp3) is 0.410. The summed E-state index contributed by atoms with van der Waals surface area (Å²) in [6.45, 7) is 28.6. The molecule has 0 saturated carbocycles. The summed E-state index contributed by atoms with van der Waals surface area (Å²) in [7, 11) is 4.65. The zero-order valence-corrected chi connectivity index (χ0v) is 71.9. The van der Waals surface area contributed by atoms with Crippen LogP contribution in [0.2, 0.25) is 20.1 Å². The molecule has 3 N–H and O–H groups in total. The quantitative estimate of drug-likeness (QED) is 0.0122. The van der Waals surface area contributed by atoms with Crippen LogP contribution in [0.15, 0.2) is 145 Å². The Kier molecular flexibility index (Phi) is 48.0. The van der Waals surface area contributed by atoms with Gasteiger partial charge in [-0.05, 0) is 190 Å². The van der Waals surface area contributed by atoms with E-state index in [1.165, 1.54) is 91.9 Å². The zero-order chi connectivity index (χ0) is 80.6. The van der Waals surface area contributed by atoms with Crippen LogP contribution in [-0.2, 0) is 62.6 Å². The molecule has 110 heavy (non-hydrogen) atoms. The van der Waals surface area contributed by atoms with Gasteiger partial charge in [0.15, 0.2) is 0 Å². The molecule has 7 aromatic carbocycles. The Labute approximate surface area is 707 Å². The van der Waals surface area contributed by atoms with Crippen molar-refractivity contribution >= 4 is 116 Å². The molecule has 1 atom stereocenters. The zero-order valence-electron chi connectivity index (χ0n) is 68.0. The van der Waals surface area contributed by atoms with Gasteiger partial charge < -0.3 is 59.1 Å². The van der Waals surface area contributed by atoms with E-state index in [0.717, 1.165) is 59.7 Å². The number of phenolic OH excluding ortho intramolecular Hbond substituents is 1. The number of hydrogen-bond acceptors (Lipinski definition) is 13. The van der Waals surface area contributed by atoms with Crippen molar-refractivity contribution in [3.05, 3.63) is 235 Å². The number of ether oxygens (including phenoxy) is 6. The number of halogens is 11. The molecule has 0 aromatic heterocycles. The first kappa shape index (κ1) is 104. The minimum Gasteiger partial charge on any atom is -1.00 e. The number of morpholine rings is 2. The molecular formula is C83H104Cl6F5LiMgN2O12. The van der Waals surface area contributed by atoms with E-state index in [4.69, 9.17) is 103 Å². The number of aromatic hydroxyl groups is 1. The third kappa shape index (κ3) is 38.0. The van der Waals surface area contributed by atoms with Crippen molar-refractivity contribution in [2.24, 2.45) is 0 Å². The molecule has 1 amide bonds. The van der Waals surface area contributed by atoms with Gasteiger partial charge in [0.1, 0.15) is 63.6 Å². The number of phenols is 1. The first-order chi connectivity index (χ1) is 50.0. The summed E-state index contributed by atoms with van der Waals surface area (Å²) in [4.78, 5) is 46.5. The molecule has 598 valence electrons. The van der Waals surface area contributed by atoms with Gasteiger partial charge in [-0.1, -0.05) is 119 Å². The Morgan fingerprint density at radius 1 is 0.591 bits per heavy atom. The van der Waals surface area contributed by atoms with Gasteiger partial charge in [0.05, 0.1) is 79.9 Å². The maximum Gasteiger partial charge on any atom is 2.00 e. The van der Waals surface area contributed by atoms with Crippen LogP contribution in [0.25, 0.3) is 0 Å². The topological polar surface area (TPSA) is 179 Å². The molecule has 0 radical (unpaired) electrons. The van der Waals surface area contributed by atoms with E-state index in [0.29, 0.717) is 113 Å². The van der Waals surface area contributed by atoms with Crippen LogP contribution >= 0.6 is 69.6 Å². The SMILES string of the molecule is C1COCCN1.CC(C)=CC(=O)Cl.CC1(C)CC(=O)Oc2ccc(F)cc21.COc1ccc(F)cc1C(C)(C)CC(=O)N1CCOCC1.COc1ccc(F)cc1C(C)(C)CC(C)(O)Cc1ccc(Cl)c(Cl)c1.COc1ccc(F)cc1C(C)(C)CC(C)=O.ClCc1ccc(Cl)c(Cl)c1.Oc1ccc(F)cc1.[CH3-].[H-].[H-].[Li+].[Mg+2]. The van der Waals surface area contributed by atoms with Gasteiger partial charge in [0, 0.05) is 89.8 Å². The van der Waals surface area contributed by atoms with Crippen LogP contribution in [0.4, 0.5) is 22.0 Å². The summed E-state index contributed by atoms with van der Waals surface area (Å²) in [6, 6.07) is 33.1. The normalized spacial score (nSPS) is 13.7. The summed E-state index contributed by atoms with van der Waals surface area (Å²) in [5.74, 6) is 1.17. The van der Waals surface area contributed by atoms with Crippen LogP contribution in [0.3, 0.4) is 0 Å². The fourth-order valence-electron chi connectivity index (χ4n) is 11.5. The van der Waals surface area contributed by atoms with Gasteiger partial charge in [-0.15, -0.1) is 11.6 Å². The van der Waals surface area contributed by atoms with Crippen LogP contribution in [0.5, 0.6) is 28.7 Å². The number of hydrogen-bond donors (Lipinski definition) is 3. The Morgan fingerprint density at radius 2 is 1.00 bits per heavy atom. The second kappa shape index (κ2) is 50.6. The molecule has 3 aliphatic rings. The van der Waals surface area contributed by atoms with Crippen molar-refractivity contribution in [3.63, 3.8) is 0 Å². The average molecular weight is 1660 g/mol. The predicted octanol–water partition coefficient (Wildman–Crippen LogP) is 17.6. The number of allylic oxidation sites excluding steroid dienone is 2. The van der Waals surface area contributed by atoms with Gasteiger partial charge >= 0.3 is 47.9 Å². The third-order valence-electron chi connectivity index (χ3n) is 16.4. The van der Waals surface area contributed by atoms with E-state index >= 15 is 0 Å². The number of Topliss-reactive ketones (excluding diaryl/α,β-unsaturated/α-hetero) is 1. The number of carbonyl (C=O) groups is 4. The van der Waals surface area contributed by atoms with Crippen LogP contribution < -0.4 is 43.1 Å². The maximum absolute atomic E-state index is 13.7. The van der Waals surface area contributed by atoms with Crippen LogP contribution in [0, 0.1) is 36.5 Å². The maximum atomic E-state index is 13.7. The van der Waals surface area contributed by atoms with Crippen molar-refractivity contribution in [3.8, 4) is 28.7 Å². The molecule has 1 unspecified atom stereocenters. The largest absolute Gasteiger partial charge is 2.00 e.